The Balaban J connectivity index is 1.75. The quantitative estimate of drug-likeness (QED) is 0.551. The third kappa shape index (κ3) is 4.29. The standard InChI is InChI=1S/C17H23N3O6/c21-17(22)14-9-13(20(23)24)1-2-15(14)18-10-16(12-3-6-26-11-12)19-4-7-25-8-5-19/h1-2,9,12,16,18H,3-8,10-11H2,(H,21,22)/t12-,16+/m1/s1. The second kappa shape index (κ2) is 8.43. The van der Waals surface area contributed by atoms with Crippen molar-refractivity contribution in [3.05, 3.63) is 33.9 Å². The number of carbonyl (C=O) groups is 1. The summed E-state index contributed by atoms with van der Waals surface area (Å²) in [6.07, 6.45) is 0.968. The average Bonchev–Trinajstić information content (AvgIpc) is 3.17. The minimum atomic E-state index is -1.19. The Hall–Kier alpha value is -2.23. The molecule has 2 atom stereocenters. The fraction of sp³-hybridized carbons (Fsp3) is 0.588. The predicted octanol–water partition coefficient (Wildman–Crippen LogP) is 1.44. The molecule has 0 aromatic heterocycles. The van der Waals surface area contributed by atoms with Crippen molar-refractivity contribution < 1.29 is 24.3 Å². The summed E-state index contributed by atoms with van der Waals surface area (Å²) in [5.41, 5.74) is 0.0600. The van der Waals surface area contributed by atoms with Crippen LogP contribution in [0.15, 0.2) is 18.2 Å². The number of carboxylic acids is 1. The van der Waals surface area contributed by atoms with Crippen molar-refractivity contribution in [3.8, 4) is 0 Å². The number of aromatic carboxylic acids is 1. The lowest BCUT2D eigenvalue weighted by atomic mass is 9.96. The second-order valence-corrected chi connectivity index (χ2v) is 6.51. The van der Waals surface area contributed by atoms with Crippen molar-refractivity contribution in [1.82, 2.24) is 4.90 Å². The lowest BCUT2D eigenvalue weighted by Gasteiger charge is -2.37. The lowest BCUT2D eigenvalue weighted by Crippen LogP contribution is -2.50. The van der Waals surface area contributed by atoms with E-state index in [1.807, 2.05) is 0 Å². The third-order valence-corrected chi connectivity index (χ3v) is 4.97. The molecule has 3 rings (SSSR count). The van der Waals surface area contributed by atoms with E-state index in [1.54, 1.807) is 0 Å². The van der Waals surface area contributed by atoms with Gasteiger partial charge in [0, 0.05) is 56.0 Å². The van der Waals surface area contributed by atoms with Gasteiger partial charge in [0.25, 0.3) is 5.69 Å². The number of hydrogen-bond acceptors (Lipinski definition) is 7. The Bertz CT molecular complexity index is 656. The number of nitro benzene ring substituents is 1. The number of nitro groups is 1. The highest BCUT2D eigenvalue weighted by atomic mass is 16.6. The van der Waals surface area contributed by atoms with E-state index >= 15 is 0 Å². The van der Waals surface area contributed by atoms with Gasteiger partial charge in [-0.15, -0.1) is 0 Å². The zero-order valence-corrected chi connectivity index (χ0v) is 14.4. The number of morpholine rings is 1. The topological polar surface area (TPSA) is 114 Å². The van der Waals surface area contributed by atoms with Crippen molar-refractivity contribution in [1.29, 1.82) is 0 Å². The highest BCUT2D eigenvalue weighted by Gasteiger charge is 2.31. The molecule has 2 N–H and O–H groups in total. The van der Waals surface area contributed by atoms with E-state index in [4.69, 9.17) is 9.47 Å². The normalized spacial score (nSPS) is 22.1. The van der Waals surface area contributed by atoms with Crippen LogP contribution in [0.2, 0.25) is 0 Å². The fourth-order valence-electron chi connectivity index (χ4n) is 3.55. The number of nitrogens with one attached hydrogen (secondary N) is 1. The molecule has 0 unspecified atom stereocenters. The van der Waals surface area contributed by atoms with Gasteiger partial charge in [0.15, 0.2) is 0 Å². The summed E-state index contributed by atoms with van der Waals surface area (Å²) in [7, 11) is 0. The highest BCUT2D eigenvalue weighted by molar-refractivity contribution is 5.95. The summed E-state index contributed by atoms with van der Waals surface area (Å²) in [4.78, 5) is 24.1. The molecule has 2 heterocycles. The van der Waals surface area contributed by atoms with E-state index in [0.717, 1.165) is 32.2 Å². The molecule has 1 aromatic carbocycles. The number of benzene rings is 1. The number of ether oxygens (including phenoxy) is 2. The molecule has 0 aliphatic carbocycles. The van der Waals surface area contributed by atoms with E-state index in [2.05, 4.69) is 10.2 Å². The maximum Gasteiger partial charge on any atom is 0.338 e. The summed E-state index contributed by atoms with van der Waals surface area (Å²) in [6, 6.07) is 4.06. The maximum atomic E-state index is 11.5. The zero-order chi connectivity index (χ0) is 18.5. The highest BCUT2D eigenvalue weighted by Crippen LogP contribution is 2.25. The van der Waals surface area contributed by atoms with Crippen LogP contribution < -0.4 is 5.32 Å². The van der Waals surface area contributed by atoms with Gasteiger partial charge in [0.2, 0.25) is 0 Å². The molecule has 2 aliphatic heterocycles. The van der Waals surface area contributed by atoms with E-state index < -0.39 is 10.9 Å². The minimum absolute atomic E-state index is 0.0948. The van der Waals surface area contributed by atoms with Crippen LogP contribution in [0.25, 0.3) is 0 Å². The van der Waals surface area contributed by atoms with Crippen molar-refractivity contribution in [3.63, 3.8) is 0 Å². The van der Waals surface area contributed by atoms with Crippen LogP contribution in [0.3, 0.4) is 0 Å². The van der Waals surface area contributed by atoms with E-state index in [-0.39, 0.29) is 17.3 Å². The summed E-state index contributed by atoms with van der Waals surface area (Å²) in [6.45, 7) is 5.00. The Morgan fingerprint density at radius 1 is 1.35 bits per heavy atom. The van der Waals surface area contributed by atoms with Gasteiger partial charge >= 0.3 is 5.97 Å². The molecule has 9 nitrogen and oxygen atoms in total. The first-order valence-corrected chi connectivity index (χ1v) is 8.71. The molecular weight excluding hydrogens is 342 g/mol. The molecule has 0 amide bonds. The molecule has 0 bridgehead atoms. The average molecular weight is 365 g/mol. The van der Waals surface area contributed by atoms with Gasteiger partial charge in [-0.25, -0.2) is 4.79 Å². The molecule has 1 aromatic rings. The van der Waals surface area contributed by atoms with Crippen molar-refractivity contribution in [2.24, 2.45) is 5.92 Å². The first-order chi connectivity index (χ1) is 12.6. The number of non-ortho nitro benzene ring substituents is 1. The van der Waals surface area contributed by atoms with E-state index in [9.17, 15) is 20.0 Å². The summed E-state index contributed by atoms with van der Waals surface area (Å²) < 4.78 is 11.0. The molecule has 0 spiro atoms. The molecule has 2 saturated heterocycles. The van der Waals surface area contributed by atoms with Crippen LogP contribution in [0.4, 0.5) is 11.4 Å². The molecule has 9 heteroatoms. The van der Waals surface area contributed by atoms with Crippen molar-refractivity contribution in [2.75, 3.05) is 51.4 Å². The van der Waals surface area contributed by atoms with E-state index in [1.165, 1.54) is 12.1 Å². The molecule has 2 aliphatic rings. The lowest BCUT2D eigenvalue weighted by molar-refractivity contribution is -0.384. The number of hydrogen-bond donors (Lipinski definition) is 2. The summed E-state index contributed by atoms with van der Waals surface area (Å²) in [5.74, 6) is -0.824. The molecule has 142 valence electrons. The number of nitrogens with zero attached hydrogens (tertiary/aromatic N) is 2. The maximum absolute atomic E-state index is 11.5. The first-order valence-electron chi connectivity index (χ1n) is 8.71. The second-order valence-electron chi connectivity index (χ2n) is 6.51. The molecule has 0 saturated carbocycles. The monoisotopic (exact) mass is 365 g/mol. The van der Waals surface area contributed by atoms with Crippen molar-refractivity contribution >= 4 is 17.3 Å². The molecular formula is C17H23N3O6. The van der Waals surface area contributed by atoms with Crippen molar-refractivity contribution in [2.45, 2.75) is 12.5 Å². The molecule has 0 radical (unpaired) electrons. The van der Waals surface area contributed by atoms with Crippen LogP contribution in [0.1, 0.15) is 16.8 Å². The smallest absolute Gasteiger partial charge is 0.338 e. The Labute approximate surface area is 151 Å². The van der Waals surface area contributed by atoms with Gasteiger partial charge in [-0.05, 0) is 12.5 Å². The van der Waals surface area contributed by atoms with Crippen LogP contribution in [0.5, 0.6) is 0 Å². The van der Waals surface area contributed by atoms with E-state index in [0.29, 0.717) is 38.0 Å². The Morgan fingerprint density at radius 2 is 2.12 bits per heavy atom. The van der Waals surface area contributed by atoms with Gasteiger partial charge in [0.05, 0.1) is 30.3 Å². The van der Waals surface area contributed by atoms with Gasteiger partial charge in [-0.1, -0.05) is 0 Å². The minimum Gasteiger partial charge on any atom is -0.478 e. The summed E-state index contributed by atoms with van der Waals surface area (Å²) in [5, 5.41) is 23.5. The van der Waals surface area contributed by atoms with Gasteiger partial charge in [0.1, 0.15) is 0 Å². The van der Waals surface area contributed by atoms with Gasteiger partial charge in [-0.3, -0.25) is 15.0 Å². The largest absolute Gasteiger partial charge is 0.478 e. The summed E-state index contributed by atoms with van der Waals surface area (Å²) >= 11 is 0. The van der Waals surface area contributed by atoms with Crippen LogP contribution in [0, 0.1) is 16.0 Å². The SMILES string of the molecule is O=C(O)c1cc([N+](=O)[O-])ccc1NC[C@@H]([C@@H]1CCOC1)N1CCOCC1. The number of anilines is 1. The zero-order valence-electron chi connectivity index (χ0n) is 14.4. The Morgan fingerprint density at radius 3 is 2.73 bits per heavy atom. The Kier molecular flexibility index (Phi) is 6.02. The predicted molar refractivity (Wildman–Crippen MR) is 93.7 cm³/mol. The van der Waals surface area contributed by atoms with Gasteiger partial charge in [-0.2, -0.15) is 0 Å². The number of rotatable bonds is 7. The fourth-order valence-corrected chi connectivity index (χ4v) is 3.55. The van der Waals surface area contributed by atoms with Crippen LogP contribution >= 0.6 is 0 Å². The third-order valence-electron chi connectivity index (χ3n) is 4.97. The van der Waals surface area contributed by atoms with Crippen LogP contribution in [-0.2, 0) is 9.47 Å². The molecule has 26 heavy (non-hydrogen) atoms. The van der Waals surface area contributed by atoms with Crippen LogP contribution in [-0.4, -0.2) is 73.0 Å². The van der Waals surface area contributed by atoms with Gasteiger partial charge < -0.3 is 19.9 Å². The number of carboxylic acid groups (broad SMARTS) is 1. The first kappa shape index (κ1) is 18.6. The molecule has 2 fully saturated rings.